The average Bonchev–Trinajstić information content (AvgIpc) is 2.70. The predicted octanol–water partition coefficient (Wildman–Crippen LogP) is 4.96. The molecular weight excluding hydrogens is 363 g/mol. The van der Waals surface area contributed by atoms with Crippen LogP contribution in [-0.2, 0) is 4.74 Å². The van der Waals surface area contributed by atoms with E-state index in [0.29, 0.717) is 18.5 Å². The molecule has 28 heavy (non-hydrogen) atoms. The van der Waals surface area contributed by atoms with E-state index in [-0.39, 0.29) is 34.6 Å². The number of hydrogen-bond acceptors (Lipinski definition) is 5. The van der Waals surface area contributed by atoms with E-state index < -0.39 is 11.8 Å². The van der Waals surface area contributed by atoms with Crippen molar-refractivity contribution in [1.82, 2.24) is 0 Å². The molecule has 0 aliphatic carbocycles. The normalized spacial score (nSPS) is 10.7. The van der Waals surface area contributed by atoms with Crippen molar-refractivity contribution in [2.75, 3.05) is 13.7 Å². The van der Waals surface area contributed by atoms with Crippen LogP contribution in [0.1, 0.15) is 51.6 Å². The number of carbonyl (C=O) groups excluding carboxylic acids is 2. The van der Waals surface area contributed by atoms with Crippen LogP contribution >= 0.6 is 0 Å². The monoisotopic (exact) mass is 386 g/mol. The van der Waals surface area contributed by atoms with Gasteiger partial charge in [0.2, 0.25) is 0 Å². The molecule has 0 aliphatic rings. The minimum atomic E-state index is -0.792. The summed E-state index contributed by atoms with van der Waals surface area (Å²) < 4.78 is 30.9. The van der Waals surface area contributed by atoms with Gasteiger partial charge in [-0.1, -0.05) is 31.5 Å². The summed E-state index contributed by atoms with van der Waals surface area (Å²) in [5, 5.41) is 0. The van der Waals surface area contributed by atoms with Crippen LogP contribution in [0.15, 0.2) is 36.6 Å². The van der Waals surface area contributed by atoms with Crippen molar-refractivity contribution in [3.05, 3.63) is 64.7 Å². The standard InChI is InChI=1S/C22H23FO5/c1-4-5-12-27-21-18(14-24)17(11-13-26-3)20(23)15(2)19(21)22(25)28-16-9-7-6-8-10-16/h6-11,13-14H,4-5,12H2,1-3H3. The van der Waals surface area contributed by atoms with Gasteiger partial charge < -0.3 is 14.2 Å². The third-order valence-electron chi connectivity index (χ3n) is 4.09. The number of halogens is 1. The summed E-state index contributed by atoms with van der Waals surface area (Å²) in [4.78, 5) is 24.6. The first kappa shape index (κ1) is 21.2. The van der Waals surface area contributed by atoms with Crippen LogP contribution in [0.4, 0.5) is 4.39 Å². The SMILES string of the molecule is CCCCOc1c(C=O)c(C=COC)c(F)c(C)c1C(=O)Oc1ccccc1. The fourth-order valence-electron chi connectivity index (χ4n) is 2.63. The minimum absolute atomic E-state index is 0.00268. The highest BCUT2D eigenvalue weighted by Crippen LogP contribution is 2.34. The van der Waals surface area contributed by atoms with E-state index >= 15 is 0 Å². The Balaban J connectivity index is 2.60. The quantitative estimate of drug-likeness (QED) is 0.200. The second-order valence-corrected chi connectivity index (χ2v) is 6.03. The molecule has 0 amide bonds. The van der Waals surface area contributed by atoms with E-state index in [0.717, 1.165) is 6.42 Å². The Morgan fingerprint density at radius 3 is 2.50 bits per heavy atom. The molecule has 0 spiro atoms. The van der Waals surface area contributed by atoms with E-state index in [1.807, 2.05) is 6.92 Å². The molecule has 0 saturated carbocycles. The lowest BCUT2D eigenvalue weighted by Crippen LogP contribution is -2.17. The summed E-state index contributed by atoms with van der Waals surface area (Å²) in [7, 11) is 1.41. The van der Waals surface area contributed by atoms with Gasteiger partial charge in [-0.2, -0.15) is 0 Å². The zero-order valence-corrected chi connectivity index (χ0v) is 16.2. The largest absolute Gasteiger partial charge is 0.504 e. The molecule has 0 unspecified atom stereocenters. The number of hydrogen-bond donors (Lipinski definition) is 0. The van der Waals surface area contributed by atoms with Crippen molar-refractivity contribution in [3.8, 4) is 11.5 Å². The fraction of sp³-hybridized carbons (Fsp3) is 0.273. The Kier molecular flexibility index (Phi) is 7.75. The minimum Gasteiger partial charge on any atom is -0.504 e. The molecule has 0 N–H and O–H groups in total. The van der Waals surface area contributed by atoms with Crippen LogP contribution in [0.2, 0.25) is 0 Å². The van der Waals surface area contributed by atoms with Gasteiger partial charge in [-0.05, 0) is 31.6 Å². The lowest BCUT2D eigenvalue weighted by Gasteiger charge is -2.18. The molecule has 2 aromatic rings. The molecule has 0 heterocycles. The van der Waals surface area contributed by atoms with Crippen molar-refractivity contribution >= 4 is 18.3 Å². The van der Waals surface area contributed by atoms with Crippen molar-refractivity contribution in [3.63, 3.8) is 0 Å². The third-order valence-corrected chi connectivity index (χ3v) is 4.09. The highest BCUT2D eigenvalue weighted by Gasteiger charge is 2.27. The highest BCUT2D eigenvalue weighted by molar-refractivity contribution is 6.00. The molecule has 5 nitrogen and oxygen atoms in total. The first-order chi connectivity index (χ1) is 13.5. The Morgan fingerprint density at radius 1 is 1.18 bits per heavy atom. The molecule has 2 rings (SSSR count). The maximum absolute atomic E-state index is 15.0. The zero-order chi connectivity index (χ0) is 20.5. The molecular formula is C22H23FO5. The summed E-state index contributed by atoms with van der Waals surface area (Å²) in [5.41, 5.74) is -0.132. The Hall–Kier alpha value is -3.15. The summed E-state index contributed by atoms with van der Waals surface area (Å²) in [6, 6.07) is 8.42. The summed E-state index contributed by atoms with van der Waals surface area (Å²) in [5.74, 6) is -1.18. The van der Waals surface area contributed by atoms with Gasteiger partial charge in [0.25, 0.3) is 0 Å². The molecule has 6 heteroatoms. The number of ether oxygens (including phenoxy) is 3. The first-order valence-electron chi connectivity index (χ1n) is 8.95. The van der Waals surface area contributed by atoms with E-state index in [1.54, 1.807) is 30.3 Å². The lowest BCUT2D eigenvalue weighted by atomic mass is 9.96. The van der Waals surface area contributed by atoms with Crippen molar-refractivity contribution < 1.29 is 28.2 Å². The second kappa shape index (κ2) is 10.3. The Morgan fingerprint density at radius 2 is 1.89 bits per heavy atom. The molecule has 0 atom stereocenters. The van der Waals surface area contributed by atoms with Gasteiger partial charge in [0.05, 0.1) is 25.5 Å². The number of unbranched alkanes of at least 4 members (excludes halogenated alkanes) is 1. The van der Waals surface area contributed by atoms with Crippen LogP contribution in [0.3, 0.4) is 0 Å². The first-order valence-corrected chi connectivity index (χ1v) is 8.95. The van der Waals surface area contributed by atoms with Gasteiger partial charge in [0.15, 0.2) is 6.29 Å². The van der Waals surface area contributed by atoms with Gasteiger partial charge in [0, 0.05) is 11.1 Å². The number of para-hydroxylation sites is 1. The zero-order valence-electron chi connectivity index (χ0n) is 16.2. The smallest absolute Gasteiger partial charge is 0.347 e. The molecule has 0 fully saturated rings. The molecule has 0 aromatic heterocycles. The van der Waals surface area contributed by atoms with E-state index in [1.165, 1.54) is 26.4 Å². The summed E-state index contributed by atoms with van der Waals surface area (Å²) in [6.45, 7) is 3.71. The molecule has 0 bridgehead atoms. The number of benzene rings is 2. The van der Waals surface area contributed by atoms with E-state index in [4.69, 9.17) is 14.2 Å². The number of aldehydes is 1. The van der Waals surface area contributed by atoms with Gasteiger partial charge >= 0.3 is 5.97 Å². The average molecular weight is 386 g/mol. The molecule has 0 aliphatic heterocycles. The maximum Gasteiger partial charge on any atom is 0.347 e. The molecule has 2 aromatic carbocycles. The maximum atomic E-state index is 15.0. The summed E-state index contributed by atoms with van der Waals surface area (Å²) in [6.07, 6.45) is 4.62. The van der Waals surface area contributed by atoms with Gasteiger partial charge in [-0.25, -0.2) is 9.18 Å². The Labute approximate surface area is 163 Å². The summed E-state index contributed by atoms with van der Waals surface area (Å²) >= 11 is 0. The number of rotatable bonds is 9. The van der Waals surface area contributed by atoms with E-state index in [2.05, 4.69) is 0 Å². The number of carbonyl (C=O) groups is 2. The fourth-order valence-corrected chi connectivity index (χ4v) is 2.63. The predicted molar refractivity (Wildman–Crippen MR) is 104 cm³/mol. The number of methoxy groups -OCH3 is 1. The van der Waals surface area contributed by atoms with E-state index in [9.17, 15) is 14.0 Å². The van der Waals surface area contributed by atoms with Crippen molar-refractivity contribution in [2.45, 2.75) is 26.7 Å². The highest BCUT2D eigenvalue weighted by atomic mass is 19.1. The van der Waals surface area contributed by atoms with Crippen molar-refractivity contribution in [2.24, 2.45) is 0 Å². The van der Waals surface area contributed by atoms with Gasteiger partial charge in [0.1, 0.15) is 22.9 Å². The van der Waals surface area contributed by atoms with Crippen molar-refractivity contribution in [1.29, 1.82) is 0 Å². The second-order valence-electron chi connectivity index (χ2n) is 6.03. The third kappa shape index (κ3) is 4.76. The molecule has 0 saturated heterocycles. The number of esters is 1. The molecule has 148 valence electrons. The van der Waals surface area contributed by atoms with Gasteiger partial charge in [-0.3, -0.25) is 4.79 Å². The van der Waals surface area contributed by atoms with Crippen LogP contribution in [0.25, 0.3) is 6.08 Å². The van der Waals surface area contributed by atoms with Crippen LogP contribution in [-0.4, -0.2) is 26.0 Å². The topological polar surface area (TPSA) is 61.8 Å². The molecule has 0 radical (unpaired) electrons. The Bertz CT molecular complexity index is 859. The van der Waals surface area contributed by atoms with Crippen LogP contribution < -0.4 is 9.47 Å². The van der Waals surface area contributed by atoms with Gasteiger partial charge in [-0.15, -0.1) is 0 Å². The van der Waals surface area contributed by atoms with Crippen LogP contribution in [0, 0.1) is 12.7 Å². The lowest BCUT2D eigenvalue weighted by molar-refractivity contribution is 0.0728. The van der Waals surface area contributed by atoms with Crippen LogP contribution in [0.5, 0.6) is 11.5 Å².